The Balaban J connectivity index is 1.19. The van der Waals surface area contributed by atoms with Gasteiger partial charge in [0.1, 0.15) is 5.75 Å². The summed E-state index contributed by atoms with van der Waals surface area (Å²) in [5.41, 5.74) is 4.85. The van der Waals surface area contributed by atoms with Crippen LogP contribution in [-0.4, -0.2) is 89.0 Å². The Hall–Kier alpha value is -2.98. The Bertz CT molecular complexity index is 1500. The van der Waals surface area contributed by atoms with Gasteiger partial charge in [0.05, 0.1) is 35.2 Å². The van der Waals surface area contributed by atoms with Crippen molar-refractivity contribution in [2.45, 2.75) is 25.8 Å². The number of nitrogens with one attached hydrogen (secondary N) is 1. The monoisotopic (exact) mass is 591 g/mol. The smallest absolute Gasteiger partial charge is 0.227 e. The van der Waals surface area contributed by atoms with E-state index in [1.807, 2.05) is 12.1 Å². The molecule has 41 heavy (non-hydrogen) atoms. The van der Waals surface area contributed by atoms with E-state index in [1.54, 1.807) is 25.3 Å². The zero-order chi connectivity index (χ0) is 28.3. The van der Waals surface area contributed by atoms with E-state index in [-0.39, 0.29) is 0 Å². The van der Waals surface area contributed by atoms with Crippen LogP contribution in [0.4, 0.5) is 17.3 Å². The molecule has 2 aromatic heterocycles. The number of hydrogen-bond donors (Lipinski definition) is 1. The predicted molar refractivity (Wildman–Crippen MR) is 172 cm³/mol. The zero-order valence-electron chi connectivity index (χ0n) is 24.0. The SMILES string of the molecule is CCSn1cc(-c2nc(Nc3ccc(N4CCC(N5CCN(C)CC5)CC4)c(OC)c3)ncc2Cl)c2ccccc21. The molecule has 0 amide bonds. The van der Waals surface area contributed by atoms with Gasteiger partial charge in [0.25, 0.3) is 0 Å². The van der Waals surface area contributed by atoms with Gasteiger partial charge in [-0.15, -0.1) is 0 Å². The first-order valence-corrected chi connectivity index (χ1v) is 15.7. The molecule has 2 saturated heterocycles. The van der Waals surface area contributed by atoms with Crippen molar-refractivity contribution in [3.05, 3.63) is 59.9 Å². The minimum absolute atomic E-state index is 0.493. The summed E-state index contributed by atoms with van der Waals surface area (Å²) in [5.74, 6) is 2.31. The van der Waals surface area contributed by atoms with E-state index in [9.17, 15) is 0 Å². The minimum atomic E-state index is 0.493. The number of nitrogens with zero attached hydrogens (tertiary/aromatic N) is 6. The number of likely N-dealkylation sites (N-methyl/N-ethyl adjacent to an activating group) is 1. The summed E-state index contributed by atoms with van der Waals surface area (Å²) in [6.07, 6.45) is 6.14. The molecular formula is C31H38ClN7OS. The first kappa shape index (κ1) is 28.2. The number of fused-ring (bicyclic) bond motifs is 1. The number of rotatable bonds is 8. The molecule has 4 heterocycles. The predicted octanol–water partition coefficient (Wildman–Crippen LogP) is 6.24. The van der Waals surface area contributed by atoms with Gasteiger partial charge in [0.15, 0.2) is 0 Å². The highest BCUT2D eigenvalue weighted by Crippen LogP contribution is 2.37. The van der Waals surface area contributed by atoms with Crippen molar-refractivity contribution in [2.24, 2.45) is 0 Å². The highest BCUT2D eigenvalue weighted by molar-refractivity contribution is 7.97. The van der Waals surface area contributed by atoms with Crippen LogP contribution in [0.5, 0.6) is 5.75 Å². The molecule has 6 rings (SSSR count). The van der Waals surface area contributed by atoms with Crippen molar-refractivity contribution in [3.8, 4) is 17.0 Å². The molecule has 0 spiro atoms. The second kappa shape index (κ2) is 12.5. The maximum absolute atomic E-state index is 6.64. The molecule has 4 aromatic rings. The fourth-order valence-electron chi connectivity index (χ4n) is 6.01. The lowest BCUT2D eigenvalue weighted by molar-refractivity contribution is 0.0981. The van der Waals surface area contributed by atoms with E-state index in [2.05, 4.69) is 79.5 Å². The van der Waals surface area contributed by atoms with E-state index in [1.165, 1.54) is 39.0 Å². The number of para-hydroxylation sites is 1. The molecule has 2 aliphatic rings. The molecule has 2 aromatic carbocycles. The lowest BCUT2D eigenvalue weighted by Crippen LogP contribution is -2.52. The van der Waals surface area contributed by atoms with Crippen LogP contribution in [0.25, 0.3) is 22.2 Å². The Morgan fingerprint density at radius 1 is 1.05 bits per heavy atom. The summed E-state index contributed by atoms with van der Waals surface area (Å²) in [7, 11) is 3.95. The summed E-state index contributed by atoms with van der Waals surface area (Å²) in [6.45, 7) is 8.92. The first-order chi connectivity index (χ1) is 20.0. The number of anilines is 3. The molecule has 1 N–H and O–H groups in total. The van der Waals surface area contributed by atoms with E-state index < -0.39 is 0 Å². The molecule has 0 radical (unpaired) electrons. The molecule has 2 aliphatic heterocycles. The van der Waals surface area contributed by atoms with Crippen LogP contribution >= 0.6 is 23.5 Å². The van der Waals surface area contributed by atoms with Crippen LogP contribution in [0.1, 0.15) is 19.8 Å². The molecule has 0 aliphatic carbocycles. The summed E-state index contributed by atoms with van der Waals surface area (Å²) in [6, 6.07) is 15.3. The van der Waals surface area contributed by atoms with Crippen LogP contribution in [0.2, 0.25) is 5.02 Å². The Kier molecular flexibility index (Phi) is 8.57. The van der Waals surface area contributed by atoms with Gasteiger partial charge in [-0.25, -0.2) is 9.97 Å². The van der Waals surface area contributed by atoms with Crippen molar-refractivity contribution in [1.82, 2.24) is 23.7 Å². The second-order valence-electron chi connectivity index (χ2n) is 10.8. The third kappa shape index (κ3) is 6.00. The van der Waals surface area contributed by atoms with Gasteiger partial charge in [0, 0.05) is 80.0 Å². The van der Waals surface area contributed by atoms with Crippen LogP contribution < -0.4 is 15.0 Å². The standard InChI is InChI=1S/C31H38ClN7OS/c1-4-41-39-21-25(24-7-5-6-8-27(24)39)30-26(32)20-33-31(35-30)34-22-9-10-28(29(19-22)40-3)38-13-11-23(12-14-38)37-17-15-36(2)16-18-37/h5-10,19-21,23H,4,11-18H2,1-3H3,(H,33,34,35). The minimum Gasteiger partial charge on any atom is -0.495 e. The number of ether oxygens (including phenoxy) is 1. The number of methoxy groups -OCH3 is 1. The van der Waals surface area contributed by atoms with E-state index in [0.717, 1.165) is 52.4 Å². The van der Waals surface area contributed by atoms with Crippen molar-refractivity contribution >= 4 is 51.8 Å². The van der Waals surface area contributed by atoms with E-state index >= 15 is 0 Å². The Morgan fingerprint density at radius 3 is 2.59 bits per heavy atom. The van der Waals surface area contributed by atoms with Crippen LogP contribution in [0.15, 0.2) is 54.9 Å². The normalized spacial score (nSPS) is 17.3. The van der Waals surface area contributed by atoms with E-state index in [4.69, 9.17) is 21.3 Å². The summed E-state index contributed by atoms with van der Waals surface area (Å²) >= 11 is 8.39. The molecule has 0 atom stereocenters. The van der Waals surface area contributed by atoms with Crippen LogP contribution in [0.3, 0.4) is 0 Å². The zero-order valence-corrected chi connectivity index (χ0v) is 25.6. The topological polar surface area (TPSA) is 61.7 Å². The fraction of sp³-hybridized carbons (Fsp3) is 0.419. The average Bonchev–Trinajstić information content (AvgIpc) is 3.37. The molecular weight excluding hydrogens is 554 g/mol. The van der Waals surface area contributed by atoms with Gasteiger partial charge in [0.2, 0.25) is 5.95 Å². The molecule has 0 unspecified atom stereocenters. The van der Waals surface area contributed by atoms with Gasteiger partial charge in [-0.1, -0.05) is 36.7 Å². The third-order valence-electron chi connectivity index (χ3n) is 8.24. The van der Waals surface area contributed by atoms with Crippen molar-refractivity contribution in [1.29, 1.82) is 0 Å². The van der Waals surface area contributed by atoms with Gasteiger partial charge < -0.3 is 19.9 Å². The van der Waals surface area contributed by atoms with Gasteiger partial charge in [-0.2, -0.15) is 0 Å². The molecule has 0 saturated carbocycles. The Labute approximate surface area is 251 Å². The highest BCUT2D eigenvalue weighted by atomic mass is 35.5. The molecule has 216 valence electrons. The number of piperazine rings is 1. The van der Waals surface area contributed by atoms with Gasteiger partial charge in [-0.05, 0) is 50.0 Å². The molecule has 0 bridgehead atoms. The number of benzene rings is 2. The third-order valence-corrected chi connectivity index (χ3v) is 9.36. The van der Waals surface area contributed by atoms with Crippen LogP contribution in [-0.2, 0) is 0 Å². The second-order valence-corrected chi connectivity index (χ2v) is 12.4. The number of piperidine rings is 1. The maximum atomic E-state index is 6.64. The highest BCUT2D eigenvalue weighted by Gasteiger charge is 2.28. The van der Waals surface area contributed by atoms with Gasteiger partial charge >= 0.3 is 0 Å². The van der Waals surface area contributed by atoms with Crippen molar-refractivity contribution in [3.63, 3.8) is 0 Å². The van der Waals surface area contributed by atoms with E-state index in [0.29, 0.717) is 22.7 Å². The Morgan fingerprint density at radius 2 is 1.83 bits per heavy atom. The van der Waals surface area contributed by atoms with Crippen molar-refractivity contribution in [2.75, 3.05) is 69.4 Å². The quantitative estimate of drug-likeness (QED) is 0.258. The maximum Gasteiger partial charge on any atom is 0.227 e. The molecule has 2 fully saturated rings. The summed E-state index contributed by atoms with van der Waals surface area (Å²) in [4.78, 5) is 16.9. The number of aromatic nitrogens is 3. The fourth-order valence-corrected chi connectivity index (χ4v) is 6.95. The van der Waals surface area contributed by atoms with Crippen molar-refractivity contribution < 1.29 is 4.74 Å². The first-order valence-electron chi connectivity index (χ1n) is 14.4. The lowest BCUT2D eigenvalue weighted by atomic mass is 10.0. The molecule has 8 nitrogen and oxygen atoms in total. The number of hydrogen-bond acceptors (Lipinski definition) is 8. The average molecular weight is 592 g/mol. The number of halogens is 1. The summed E-state index contributed by atoms with van der Waals surface area (Å²) in [5, 5.41) is 5.01. The lowest BCUT2D eigenvalue weighted by Gasteiger charge is -2.42. The molecule has 10 heteroatoms. The van der Waals surface area contributed by atoms with Gasteiger partial charge in [-0.3, -0.25) is 8.87 Å². The van der Waals surface area contributed by atoms with Crippen LogP contribution in [0, 0.1) is 0 Å². The largest absolute Gasteiger partial charge is 0.495 e. The summed E-state index contributed by atoms with van der Waals surface area (Å²) < 4.78 is 8.04.